The first-order valence-electron chi connectivity index (χ1n) is 5.03. The van der Waals surface area contributed by atoms with Crippen LogP contribution < -0.4 is 4.57 Å². The van der Waals surface area contributed by atoms with Crippen molar-refractivity contribution in [1.82, 2.24) is 4.98 Å². The number of nitrogens with one attached hydrogen (secondary N) is 1. The van der Waals surface area contributed by atoms with Gasteiger partial charge in [-0.2, -0.15) is 0 Å². The number of aromatic nitrogens is 2. The Balaban J connectivity index is 2.18. The normalized spacial score (nSPS) is 10.2. The van der Waals surface area contributed by atoms with E-state index in [0.29, 0.717) is 0 Å². The van der Waals surface area contributed by atoms with Crippen LogP contribution in [0.25, 0.3) is 6.08 Å². The van der Waals surface area contributed by atoms with Crippen molar-refractivity contribution < 1.29 is 4.57 Å². The number of benzene rings is 1. The molecule has 0 radical (unpaired) electrons. The van der Waals surface area contributed by atoms with E-state index in [9.17, 15) is 0 Å². The van der Waals surface area contributed by atoms with E-state index in [1.165, 1.54) is 11.4 Å². The molecule has 0 spiro atoms. The summed E-state index contributed by atoms with van der Waals surface area (Å²) in [6.45, 7) is 3.74. The molecule has 15 heavy (non-hydrogen) atoms. The molecule has 1 heterocycles. The van der Waals surface area contributed by atoms with Gasteiger partial charge in [0.1, 0.15) is 12.4 Å². The number of imidazole rings is 1. The monoisotopic (exact) mass is 199 g/mol. The maximum absolute atomic E-state index is 3.74. The molecule has 2 heteroatoms. The molecule has 0 aliphatic carbocycles. The number of aryl methyl sites for hydroxylation is 1. The molecular formula is C13H15N2+. The summed E-state index contributed by atoms with van der Waals surface area (Å²) in [6, 6.07) is 8.45. The van der Waals surface area contributed by atoms with Crippen LogP contribution in [-0.4, -0.2) is 4.98 Å². The third-order valence-corrected chi connectivity index (χ3v) is 2.56. The molecule has 0 unspecified atom stereocenters. The first-order chi connectivity index (χ1) is 7.29. The van der Waals surface area contributed by atoms with Gasteiger partial charge in [0.25, 0.3) is 5.82 Å². The molecule has 1 N–H and O–H groups in total. The Hall–Kier alpha value is -1.83. The van der Waals surface area contributed by atoms with Gasteiger partial charge in [-0.15, -0.1) is 0 Å². The number of nitrogens with zero attached hydrogens (tertiary/aromatic N) is 1. The van der Waals surface area contributed by atoms with Crippen molar-refractivity contribution in [3.05, 3.63) is 60.2 Å². The largest absolute Gasteiger partial charge is 0.258 e. The summed E-state index contributed by atoms with van der Waals surface area (Å²) in [7, 11) is 2.05. The fraction of sp³-hybridized carbons (Fsp3) is 0.154. The summed E-state index contributed by atoms with van der Waals surface area (Å²) in [5.74, 6) is 1.21. The molecule has 2 aromatic rings. The van der Waals surface area contributed by atoms with Gasteiger partial charge >= 0.3 is 0 Å². The van der Waals surface area contributed by atoms with Crippen LogP contribution in [0.4, 0.5) is 0 Å². The quantitative estimate of drug-likeness (QED) is 0.730. The minimum absolute atomic E-state index is 0.931. The van der Waals surface area contributed by atoms with Crippen LogP contribution in [0.3, 0.4) is 0 Å². The summed E-state index contributed by atoms with van der Waals surface area (Å²) in [5.41, 5.74) is 2.47. The maximum Gasteiger partial charge on any atom is 0.258 e. The number of hydrogen-bond donors (Lipinski definition) is 1. The molecule has 0 fully saturated rings. The first kappa shape index (κ1) is 9.71. The first-order valence-corrected chi connectivity index (χ1v) is 5.03. The van der Waals surface area contributed by atoms with Crippen molar-refractivity contribution in [3.8, 4) is 0 Å². The third-order valence-electron chi connectivity index (χ3n) is 2.56. The lowest BCUT2D eigenvalue weighted by Gasteiger charge is -1.98. The van der Waals surface area contributed by atoms with Crippen LogP contribution in [0.15, 0.2) is 43.2 Å². The van der Waals surface area contributed by atoms with Crippen LogP contribution in [0, 0.1) is 0 Å². The SMILES string of the molecule is C=Cc1ccc(Cc2[nH]cc[n+]2C)cc1. The highest BCUT2D eigenvalue weighted by Crippen LogP contribution is 2.07. The molecular weight excluding hydrogens is 184 g/mol. The minimum atomic E-state index is 0.931. The van der Waals surface area contributed by atoms with E-state index in [-0.39, 0.29) is 0 Å². The third kappa shape index (κ3) is 2.15. The molecule has 1 aromatic heterocycles. The summed E-state index contributed by atoms with van der Waals surface area (Å²) >= 11 is 0. The average molecular weight is 199 g/mol. The van der Waals surface area contributed by atoms with Crippen LogP contribution in [0.1, 0.15) is 17.0 Å². The molecule has 2 nitrogen and oxygen atoms in total. The highest BCUT2D eigenvalue weighted by Gasteiger charge is 2.06. The van der Waals surface area contributed by atoms with E-state index >= 15 is 0 Å². The molecule has 0 atom stereocenters. The highest BCUT2D eigenvalue weighted by atomic mass is 15.0. The number of hydrogen-bond acceptors (Lipinski definition) is 0. The van der Waals surface area contributed by atoms with Crippen LogP contribution >= 0.6 is 0 Å². The van der Waals surface area contributed by atoms with Gasteiger partial charge in [0.2, 0.25) is 0 Å². The van der Waals surface area contributed by atoms with Crippen molar-refractivity contribution in [3.63, 3.8) is 0 Å². The zero-order valence-electron chi connectivity index (χ0n) is 8.90. The van der Waals surface area contributed by atoms with Crippen LogP contribution in [0.2, 0.25) is 0 Å². The molecule has 76 valence electrons. The molecule has 0 amide bonds. The Labute approximate surface area is 89.9 Å². The van der Waals surface area contributed by atoms with Gasteiger partial charge in [0.15, 0.2) is 0 Å². The van der Waals surface area contributed by atoms with Gasteiger partial charge in [0, 0.05) is 0 Å². The summed E-state index contributed by atoms with van der Waals surface area (Å²) < 4.78 is 2.10. The van der Waals surface area contributed by atoms with E-state index in [0.717, 1.165) is 12.0 Å². The van der Waals surface area contributed by atoms with Crippen molar-refractivity contribution >= 4 is 6.08 Å². The van der Waals surface area contributed by atoms with Crippen molar-refractivity contribution in [2.75, 3.05) is 0 Å². The van der Waals surface area contributed by atoms with E-state index in [2.05, 4.69) is 40.4 Å². The zero-order valence-corrected chi connectivity index (χ0v) is 8.90. The fourth-order valence-corrected chi connectivity index (χ4v) is 1.58. The number of aromatic amines is 1. The fourth-order valence-electron chi connectivity index (χ4n) is 1.58. The Bertz CT molecular complexity index is 452. The summed E-state index contributed by atoms with van der Waals surface area (Å²) in [5, 5.41) is 0. The van der Waals surface area contributed by atoms with Gasteiger partial charge in [-0.25, -0.2) is 9.55 Å². The van der Waals surface area contributed by atoms with Crippen molar-refractivity contribution in [2.24, 2.45) is 7.05 Å². The lowest BCUT2D eigenvalue weighted by atomic mass is 10.1. The predicted octanol–water partition coefficient (Wildman–Crippen LogP) is 2.07. The average Bonchev–Trinajstić information content (AvgIpc) is 2.66. The van der Waals surface area contributed by atoms with Crippen molar-refractivity contribution in [2.45, 2.75) is 6.42 Å². The minimum Gasteiger partial charge on any atom is -0.247 e. The van der Waals surface area contributed by atoms with E-state index in [1.54, 1.807) is 0 Å². The standard InChI is InChI=1S/C13H14N2/c1-3-11-4-6-12(7-5-11)10-13-14-8-9-15(13)2/h3-9H,1,10H2,2H3/p+1. The van der Waals surface area contributed by atoms with Gasteiger partial charge in [-0.1, -0.05) is 36.9 Å². The predicted molar refractivity (Wildman–Crippen MR) is 61.3 cm³/mol. The lowest BCUT2D eigenvalue weighted by Crippen LogP contribution is -2.30. The molecule has 0 saturated carbocycles. The maximum atomic E-state index is 3.74. The smallest absolute Gasteiger partial charge is 0.247 e. The van der Waals surface area contributed by atoms with Crippen LogP contribution in [-0.2, 0) is 13.5 Å². The number of rotatable bonds is 3. The van der Waals surface area contributed by atoms with Gasteiger partial charge in [-0.05, 0) is 11.1 Å². The second-order valence-corrected chi connectivity index (χ2v) is 3.64. The zero-order chi connectivity index (χ0) is 10.7. The van der Waals surface area contributed by atoms with Gasteiger partial charge < -0.3 is 0 Å². The Morgan fingerprint density at radius 1 is 1.33 bits per heavy atom. The topological polar surface area (TPSA) is 19.7 Å². The molecule has 0 aliphatic heterocycles. The lowest BCUT2D eigenvalue weighted by molar-refractivity contribution is -0.677. The Morgan fingerprint density at radius 3 is 2.60 bits per heavy atom. The highest BCUT2D eigenvalue weighted by molar-refractivity contribution is 5.47. The van der Waals surface area contributed by atoms with E-state index < -0.39 is 0 Å². The molecule has 0 aliphatic rings. The van der Waals surface area contributed by atoms with Gasteiger partial charge in [-0.3, -0.25) is 0 Å². The Kier molecular flexibility index (Phi) is 2.68. The summed E-state index contributed by atoms with van der Waals surface area (Å²) in [6.07, 6.45) is 6.76. The van der Waals surface area contributed by atoms with Crippen molar-refractivity contribution in [1.29, 1.82) is 0 Å². The van der Waals surface area contributed by atoms with Crippen LogP contribution in [0.5, 0.6) is 0 Å². The van der Waals surface area contributed by atoms with E-state index in [1.807, 2.05) is 25.5 Å². The van der Waals surface area contributed by atoms with E-state index in [4.69, 9.17) is 0 Å². The summed E-state index contributed by atoms with van der Waals surface area (Å²) in [4.78, 5) is 3.23. The molecule has 2 rings (SSSR count). The Morgan fingerprint density at radius 2 is 2.07 bits per heavy atom. The van der Waals surface area contributed by atoms with Gasteiger partial charge in [0.05, 0.1) is 13.5 Å². The molecule has 1 aromatic carbocycles. The molecule has 0 bridgehead atoms. The second-order valence-electron chi connectivity index (χ2n) is 3.64. The number of H-pyrrole nitrogens is 1. The molecule has 0 saturated heterocycles. The second kappa shape index (κ2) is 4.13.